The fourth-order valence-electron chi connectivity index (χ4n) is 2.59. The van der Waals surface area contributed by atoms with Crippen LogP contribution in [0, 0.1) is 0 Å². The van der Waals surface area contributed by atoms with Gasteiger partial charge in [0.1, 0.15) is 11.8 Å². The molecule has 2 heterocycles. The summed E-state index contributed by atoms with van der Waals surface area (Å²) in [5, 5.41) is 2.68. The molecule has 1 unspecified atom stereocenters. The quantitative estimate of drug-likeness (QED) is 0.637. The maximum atomic E-state index is 12.6. The molecule has 0 bridgehead atoms. The standard InChI is InChI=1S/C14H11FN2O6S/c15-24(21,22)23-9-2-1-8-5-6-17(14(20)10(8)7-9)11-3-4-12(18)16-13(11)19/h1-2,5-7,11H,3-4H2,(H,16,18,19). The summed E-state index contributed by atoms with van der Waals surface area (Å²) in [5.41, 5.74) is -0.580. The number of imide groups is 1. The molecule has 8 nitrogen and oxygen atoms in total. The number of nitrogens with one attached hydrogen (secondary N) is 1. The molecule has 0 aliphatic carbocycles. The van der Waals surface area contributed by atoms with E-state index in [0.717, 1.165) is 10.6 Å². The second kappa shape index (κ2) is 5.71. The highest BCUT2D eigenvalue weighted by Crippen LogP contribution is 2.22. The van der Waals surface area contributed by atoms with E-state index in [0.29, 0.717) is 5.39 Å². The van der Waals surface area contributed by atoms with Crippen molar-refractivity contribution < 1.29 is 26.1 Å². The van der Waals surface area contributed by atoms with Crippen molar-refractivity contribution in [2.75, 3.05) is 0 Å². The van der Waals surface area contributed by atoms with Gasteiger partial charge in [-0.25, -0.2) is 0 Å². The highest BCUT2D eigenvalue weighted by atomic mass is 32.3. The van der Waals surface area contributed by atoms with E-state index >= 15 is 0 Å². The number of fused-ring (bicyclic) bond motifs is 1. The lowest BCUT2D eigenvalue weighted by molar-refractivity contribution is -0.135. The average molecular weight is 354 g/mol. The fourth-order valence-corrected chi connectivity index (χ4v) is 2.93. The molecule has 0 saturated carbocycles. The highest BCUT2D eigenvalue weighted by Gasteiger charge is 2.28. The van der Waals surface area contributed by atoms with Gasteiger partial charge in [-0.15, -0.1) is 0 Å². The first kappa shape index (κ1) is 16.1. The number of amides is 2. The lowest BCUT2D eigenvalue weighted by Crippen LogP contribution is -2.44. The van der Waals surface area contributed by atoms with Crippen LogP contribution < -0.4 is 15.1 Å². The molecular weight excluding hydrogens is 343 g/mol. The minimum Gasteiger partial charge on any atom is -0.358 e. The Labute approximate surface area is 135 Å². The van der Waals surface area contributed by atoms with Crippen LogP contribution in [0.15, 0.2) is 35.3 Å². The first-order chi connectivity index (χ1) is 11.2. The first-order valence-electron chi connectivity index (χ1n) is 6.87. The van der Waals surface area contributed by atoms with Gasteiger partial charge in [-0.1, -0.05) is 9.95 Å². The molecule has 1 aromatic carbocycles. The number of nitrogens with zero attached hydrogens (tertiary/aromatic N) is 1. The van der Waals surface area contributed by atoms with Crippen molar-refractivity contribution in [1.82, 2.24) is 9.88 Å². The Morgan fingerprint density at radius 3 is 2.62 bits per heavy atom. The maximum Gasteiger partial charge on any atom is 0.488 e. The van der Waals surface area contributed by atoms with E-state index in [1.807, 2.05) is 0 Å². The van der Waals surface area contributed by atoms with E-state index < -0.39 is 33.9 Å². The number of carbonyl (C=O) groups is 2. The summed E-state index contributed by atoms with van der Waals surface area (Å²) in [6.45, 7) is 0. The number of hydrogen-bond acceptors (Lipinski definition) is 6. The number of carbonyl (C=O) groups excluding carboxylic acids is 2. The van der Waals surface area contributed by atoms with Crippen molar-refractivity contribution in [3.63, 3.8) is 0 Å². The summed E-state index contributed by atoms with van der Waals surface area (Å²) in [6, 6.07) is 4.38. The van der Waals surface area contributed by atoms with E-state index in [1.165, 1.54) is 18.3 Å². The molecular formula is C14H11FN2O6S. The molecule has 126 valence electrons. The summed E-state index contributed by atoms with van der Waals surface area (Å²) in [6.07, 6.45) is 1.69. The molecule has 1 aliphatic heterocycles. The van der Waals surface area contributed by atoms with Crippen molar-refractivity contribution in [3.8, 4) is 5.75 Å². The minimum absolute atomic E-state index is 0.0587. The number of benzene rings is 1. The lowest BCUT2D eigenvalue weighted by Gasteiger charge is -2.23. The summed E-state index contributed by atoms with van der Waals surface area (Å²) >= 11 is 0. The van der Waals surface area contributed by atoms with Crippen molar-refractivity contribution >= 4 is 33.1 Å². The number of rotatable bonds is 3. The van der Waals surface area contributed by atoms with Crippen LogP contribution in [0.25, 0.3) is 10.8 Å². The maximum absolute atomic E-state index is 12.6. The zero-order chi connectivity index (χ0) is 17.5. The van der Waals surface area contributed by atoms with Crippen LogP contribution in [0.2, 0.25) is 0 Å². The van der Waals surface area contributed by atoms with E-state index in [2.05, 4.69) is 9.50 Å². The second-order valence-corrected chi connectivity index (χ2v) is 6.17. The van der Waals surface area contributed by atoms with Crippen molar-refractivity contribution in [2.24, 2.45) is 0 Å². The molecule has 1 N–H and O–H groups in total. The van der Waals surface area contributed by atoms with E-state index in [9.17, 15) is 26.7 Å². The Kier molecular flexibility index (Phi) is 3.84. The molecule has 10 heteroatoms. The topological polar surface area (TPSA) is 112 Å². The normalized spacial score (nSPS) is 18.5. The van der Waals surface area contributed by atoms with Gasteiger partial charge in [-0.3, -0.25) is 19.7 Å². The Bertz CT molecular complexity index is 1010. The van der Waals surface area contributed by atoms with E-state index in [4.69, 9.17) is 0 Å². The highest BCUT2D eigenvalue weighted by molar-refractivity contribution is 7.81. The molecule has 1 saturated heterocycles. The van der Waals surface area contributed by atoms with Gasteiger partial charge in [0.15, 0.2) is 0 Å². The molecule has 1 aromatic heterocycles. The van der Waals surface area contributed by atoms with Crippen molar-refractivity contribution in [2.45, 2.75) is 18.9 Å². The minimum atomic E-state index is -5.21. The molecule has 1 aliphatic rings. The second-order valence-electron chi connectivity index (χ2n) is 5.22. The Morgan fingerprint density at radius 2 is 1.96 bits per heavy atom. The van der Waals surface area contributed by atoms with Gasteiger partial charge in [0.05, 0.1) is 5.39 Å². The van der Waals surface area contributed by atoms with Crippen LogP contribution in [-0.4, -0.2) is 24.8 Å². The fraction of sp³-hybridized carbons (Fsp3) is 0.214. The average Bonchev–Trinajstić information content (AvgIpc) is 2.47. The predicted octanol–water partition coefficient (Wildman–Crippen LogP) is 0.572. The zero-order valence-electron chi connectivity index (χ0n) is 12.1. The van der Waals surface area contributed by atoms with Crippen molar-refractivity contribution in [1.29, 1.82) is 0 Å². The predicted molar refractivity (Wildman–Crippen MR) is 80.3 cm³/mol. The van der Waals surface area contributed by atoms with E-state index in [-0.39, 0.29) is 24.0 Å². The summed E-state index contributed by atoms with van der Waals surface area (Å²) in [7, 11) is -5.21. The lowest BCUT2D eigenvalue weighted by atomic mass is 10.0. The number of hydrogen-bond donors (Lipinski definition) is 1. The number of halogens is 1. The molecule has 0 radical (unpaired) electrons. The summed E-state index contributed by atoms with van der Waals surface area (Å²) in [5.74, 6) is -1.36. The molecule has 1 atom stereocenters. The smallest absolute Gasteiger partial charge is 0.358 e. The van der Waals surface area contributed by atoms with Crippen LogP contribution >= 0.6 is 0 Å². The van der Waals surface area contributed by atoms with Gasteiger partial charge in [-0.05, 0) is 30.0 Å². The molecule has 2 amide bonds. The number of pyridine rings is 1. The van der Waals surface area contributed by atoms with Crippen LogP contribution in [0.3, 0.4) is 0 Å². The van der Waals surface area contributed by atoms with Gasteiger partial charge in [0.2, 0.25) is 11.8 Å². The molecule has 24 heavy (non-hydrogen) atoms. The van der Waals surface area contributed by atoms with Gasteiger partial charge >= 0.3 is 10.5 Å². The van der Waals surface area contributed by atoms with Crippen LogP contribution in [0.4, 0.5) is 3.89 Å². The first-order valence-corrected chi connectivity index (χ1v) is 8.18. The Hall–Kier alpha value is -2.75. The monoisotopic (exact) mass is 354 g/mol. The number of piperidine rings is 1. The van der Waals surface area contributed by atoms with Crippen LogP contribution in [-0.2, 0) is 20.1 Å². The Balaban J connectivity index is 2.08. The third kappa shape index (κ3) is 3.13. The number of aromatic nitrogens is 1. The SMILES string of the molecule is O=C1CCC(n2ccc3ccc(OS(=O)(=O)F)cc3c2=O)C(=O)N1. The molecule has 2 aromatic rings. The van der Waals surface area contributed by atoms with E-state index in [1.54, 1.807) is 6.07 Å². The Morgan fingerprint density at radius 1 is 1.21 bits per heavy atom. The largest absolute Gasteiger partial charge is 0.488 e. The zero-order valence-corrected chi connectivity index (χ0v) is 12.9. The van der Waals surface area contributed by atoms with Crippen LogP contribution in [0.5, 0.6) is 5.75 Å². The van der Waals surface area contributed by atoms with Crippen molar-refractivity contribution in [3.05, 3.63) is 40.8 Å². The van der Waals surface area contributed by atoms with Gasteiger partial charge in [-0.2, -0.15) is 8.42 Å². The van der Waals surface area contributed by atoms with Gasteiger partial charge < -0.3 is 8.75 Å². The summed E-state index contributed by atoms with van der Waals surface area (Å²) < 4.78 is 39.0. The third-order valence-corrected chi connectivity index (χ3v) is 4.04. The molecule has 0 spiro atoms. The van der Waals surface area contributed by atoms with Crippen LogP contribution in [0.1, 0.15) is 18.9 Å². The molecule has 1 fully saturated rings. The molecule has 3 rings (SSSR count). The summed E-state index contributed by atoms with van der Waals surface area (Å²) in [4.78, 5) is 35.7. The van der Waals surface area contributed by atoms with Gasteiger partial charge in [0, 0.05) is 12.6 Å². The third-order valence-electron chi connectivity index (χ3n) is 3.65. The van der Waals surface area contributed by atoms with Gasteiger partial charge in [0.25, 0.3) is 5.56 Å².